The van der Waals surface area contributed by atoms with Crippen molar-refractivity contribution in [3.05, 3.63) is 35.9 Å². The van der Waals surface area contributed by atoms with Crippen molar-refractivity contribution in [1.82, 2.24) is 4.90 Å². The molecule has 0 bridgehead atoms. The third-order valence-corrected chi connectivity index (χ3v) is 26.6. The first-order valence-electron chi connectivity index (χ1n) is 16.3. The van der Waals surface area contributed by atoms with Gasteiger partial charge < -0.3 is 0 Å². The van der Waals surface area contributed by atoms with E-state index in [1.165, 1.54) is 74.7 Å². The molecule has 38 heavy (non-hydrogen) atoms. The van der Waals surface area contributed by atoms with Crippen LogP contribution in [0.2, 0.25) is 17.7 Å². The van der Waals surface area contributed by atoms with E-state index in [0.29, 0.717) is 17.9 Å². The summed E-state index contributed by atoms with van der Waals surface area (Å²) in [5, 5.41) is 0. The van der Waals surface area contributed by atoms with Crippen LogP contribution in [0.15, 0.2) is 30.3 Å². The summed E-state index contributed by atoms with van der Waals surface area (Å²) in [7, 11) is 0. The quantitative estimate of drug-likeness (QED) is 0.204. The van der Waals surface area contributed by atoms with Gasteiger partial charge >= 0.3 is 240 Å². The number of hydrogen-bond acceptors (Lipinski definition) is 2. The molecule has 2 saturated heterocycles. The Hall–Kier alpha value is -0.551. The molecule has 6 atom stereocenters. The number of fused-ring (bicyclic) bond motifs is 2. The predicted molar refractivity (Wildman–Crippen MR) is 163 cm³/mol. The maximum absolute atomic E-state index is 14.7. The fourth-order valence-corrected chi connectivity index (χ4v) is 25.8. The molecule has 0 N–H and O–H groups in total. The van der Waals surface area contributed by atoms with Gasteiger partial charge in [0.25, 0.3) is 0 Å². The molecule has 1 aliphatic carbocycles. The van der Waals surface area contributed by atoms with E-state index in [-0.39, 0.29) is 23.6 Å². The van der Waals surface area contributed by atoms with E-state index < -0.39 is 18.4 Å². The van der Waals surface area contributed by atoms with E-state index in [9.17, 15) is 4.79 Å². The Balaban J connectivity index is 1.71. The molecule has 1 aromatic rings. The van der Waals surface area contributed by atoms with Gasteiger partial charge in [0.05, 0.1) is 0 Å². The summed E-state index contributed by atoms with van der Waals surface area (Å²) in [6, 6.07) is 11.0. The van der Waals surface area contributed by atoms with Gasteiger partial charge in [-0.05, 0) is 0 Å². The summed E-state index contributed by atoms with van der Waals surface area (Å²) in [6.45, 7) is 14.2. The van der Waals surface area contributed by atoms with E-state index in [4.69, 9.17) is 4.74 Å². The zero-order chi connectivity index (χ0) is 27.3. The average molecular weight is 631 g/mol. The molecule has 214 valence electrons. The van der Waals surface area contributed by atoms with Gasteiger partial charge in [0.1, 0.15) is 0 Å². The summed E-state index contributed by atoms with van der Waals surface area (Å²) in [4.78, 5) is 17.0. The average Bonchev–Trinajstić information content (AvgIpc) is 3.15. The second-order valence-corrected chi connectivity index (χ2v) is 27.9. The van der Waals surface area contributed by atoms with Crippen molar-refractivity contribution in [3.63, 3.8) is 0 Å². The fraction of sp³-hybridized carbons (Fsp3) is 0.794. The zero-order valence-corrected chi connectivity index (χ0v) is 28.4. The van der Waals surface area contributed by atoms with Gasteiger partial charge in [-0.15, -0.1) is 0 Å². The minimum atomic E-state index is -2.54. The zero-order valence-electron chi connectivity index (χ0n) is 25.5. The molecule has 3 fully saturated rings. The Morgan fingerprint density at radius 1 is 0.947 bits per heavy atom. The normalized spacial score (nSPS) is 30.8. The van der Waals surface area contributed by atoms with E-state index in [1.54, 1.807) is 0 Å². The molecule has 4 rings (SSSR count). The Morgan fingerprint density at radius 2 is 1.55 bits per heavy atom. The summed E-state index contributed by atoms with van der Waals surface area (Å²) in [6.07, 6.45) is 12.8. The summed E-state index contributed by atoms with van der Waals surface area (Å²) in [5.41, 5.74) is 1.25. The number of unbranched alkanes of at least 4 members (excludes halogenated alkanes) is 3. The van der Waals surface area contributed by atoms with Crippen LogP contribution >= 0.6 is 0 Å². The van der Waals surface area contributed by atoms with Crippen LogP contribution in [-0.2, 0) is 16.0 Å². The molecule has 0 radical (unpaired) electrons. The minimum absolute atomic E-state index is 0.0539. The van der Waals surface area contributed by atoms with Crippen LogP contribution in [0, 0.1) is 23.7 Å². The summed E-state index contributed by atoms with van der Waals surface area (Å²) < 4.78 is 12.8. The number of carbonyl (C=O) groups excluding carboxylic acids is 1. The number of rotatable bonds is 13. The van der Waals surface area contributed by atoms with Crippen LogP contribution in [0.4, 0.5) is 0 Å². The first kappa shape index (κ1) is 30.4. The molecule has 3 aliphatic rings. The van der Waals surface area contributed by atoms with Crippen LogP contribution in [0.3, 0.4) is 0 Å². The molecule has 0 spiro atoms. The second kappa shape index (κ2) is 13.4. The van der Waals surface area contributed by atoms with Crippen LogP contribution in [0.25, 0.3) is 0 Å². The van der Waals surface area contributed by atoms with E-state index in [1.807, 2.05) is 0 Å². The molecule has 0 aromatic heterocycles. The molecule has 2 heterocycles. The number of nitrogens with zero attached hydrogens (tertiary/aromatic N) is 1. The van der Waals surface area contributed by atoms with E-state index >= 15 is 0 Å². The molecule has 1 saturated carbocycles. The van der Waals surface area contributed by atoms with Crippen molar-refractivity contribution in [3.8, 4) is 0 Å². The van der Waals surface area contributed by atoms with Crippen LogP contribution < -0.4 is 0 Å². The van der Waals surface area contributed by atoms with Crippen molar-refractivity contribution in [1.29, 1.82) is 0 Å². The Labute approximate surface area is 238 Å². The number of ether oxygens (including phenoxy) is 1. The summed E-state index contributed by atoms with van der Waals surface area (Å²) >= 11 is -2.54. The monoisotopic (exact) mass is 631 g/mol. The Bertz CT molecular complexity index is 864. The predicted octanol–water partition coefficient (Wildman–Crippen LogP) is 9.09. The third-order valence-electron chi connectivity index (χ3n) is 10.7. The van der Waals surface area contributed by atoms with Gasteiger partial charge in [-0.2, -0.15) is 0 Å². The van der Waals surface area contributed by atoms with E-state index in [2.05, 4.69) is 76.8 Å². The van der Waals surface area contributed by atoms with Gasteiger partial charge in [-0.3, -0.25) is 0 Å². The van der Waals surface area contributed by atoms with Gasteiger partial charge in [0.15, 0.2) is 0 Å². The number of amides is 1. The summed E-state index contributed by atoms with van der Waals surface area (Å²) in [5.74, 6) is 2.06. The van der Waals surface area contributed by atoms with Crippen LogP contribution in [0.1, 0.15) is 105 Å². The van der Waals surface area contributed by atoms with Crippen molar-refractivity contribution in [2.45, 2.75) is 141 Å². The molecular weight excluding hydrogens is 573 g/mol. The fourth-order valence-electron chi connectivity index (χ4n) is 8.47. The topological polar surface area (TPSA) is 29.5 Å². The molecule has 2 aliphatic heterocycles. The first-order chi connectivity index (χ1) is 18.3. The molecule has 3 nitrogen and oxygen atoms in total. The molecule has 0 unspecified atom stereocenters. The Kier molecular flexibility index (Phi) is 10.7. The van der Waals surface area contributed by atoms with Crippen LogP contribution in [-0.4, -0.2) is 47.1 Å². The van der Waals surface area contributed by atoms with Crippen molar-refractivity contribution < 1.29 is 9.53 Å². The molecule has 4 heteroatoms. The van der Waals surface area contributed by atoms with Crippen LogP contribution in [0.5, 0.6) is 0 Å². The van der Waals surface area contributed by atoms with Gasteiger partial charge in [0.2, 0.25) is 0 Å². The Morgan fingerprint density at radius 3 is 2.13 bits per heavy atom. The SMILES string of the molecule is CCC[CH2][Sn]([CH2]CCC)([CH2]CCC)[CH2][C@H]1C(=O)N2[C@@H](O[C@@H]3C[C@H](C)CC[C@H]3C2(C)C)[C@@H]1Cc1ccccc1. The van der Waals surface area contributed by atoms with Crippen molar-refractivity contribution in [2.24, 2.45) is 23.7 Å². The maximum atomic E-state index is 14.7. The molecule has 1 amide bonds. The molecular formula is C34H57NO2Sn. The second-order valence-electron chi connectivity index (χ2n) is 13.9. The number of benzene rings is 1. The standard InChI is InChI=1S/C22H30NO2.3C4H9.Sn/c1-14-10-11-18-19(12-14)25-21-17(13-16-8-6-5-7-9-16)15(2)20(24)23(21)22(18,3)4;3*1-3-4-2;/h5-9,14-15,17-19,21H,2,10-13H2,1,3-4H3;3*1,3-4H2,2H3;/t14-,15-,17-,18-,19-,21+;;;;/m1..../s1. The van der Waals surface area contributed by atoms with E-state index in [0.717, 1.165) is 18.8 Å². The van der Waals surface area contributed by atoms with Crippen molar-refractivity contribution in [2.75, 3.05) is 0 Å². The number of hydrogen-bond donors (Lipinski definition) is 0. The molecule has 1 aromatic carbocycles. The van der Waals surface area contributed by atoms with Crippen molar-refractivity contribution >= 4 is 24.3 Å². The first-order valence-corrected chi connectivity index (χ1v) is 24.4. The van der Waals surface area contributed by atoms with Gasteiger partial charge in [-0.25, -0.2) is 0 Å². The third kappa shape index (κ3) is 6.50. The van der Waals surface area contributed by atoms with Gasteiger partial charge in [-0.1, -0.05) is 0 Å². The van der Waals surface area contributed by atoms with Gasteiger partial charge in [0, 0.05) is 0 Å². The number of carbonyl (C=O) groups is 1.